The molecule has 0 radical (unpaired) electrons. The van der Waals surface area contributed by atoms with Crippen molar-refractivity contribution in [2.75, 3.05) is 11.1 Å². The molecule has 1 heterocycles. The minimum absolute atomic E-state index is 0.0290. The largest absolute Gasteiger partial charge is 0.325 e. The molecule has 0 atom stereocenters. The molecule has 1 aliphatic rings. The number of rotatable bonds is 6. The van der Waals surface area contributed by atoms with Gasteiger partial charge >= 0.3 is 7.60 Å². The van der Waals surface area contributed by atoms with E-state index in [-0.39, 0.29) is 23.1 Å². The maximum absolute atomic E-state index is 12.5. The molecular formula is C22H27ClN3O4P. The van der Waals surface area contributed by atoms with Crippen LogP contribution in [0.3, 0.4) is 0 Å². The van der Waals surface area contributed by atoms with Crippen molar-refractivity contribution < 1.29 is 19.1 Å². The van der Waals surface area contributed by atoms with Crippen molar-refractivity contribution in [1.29, 1.82) is 0 Å². The van der Waals surface area contributed by atoms with Crippen LogP contribution in [0.4, 0.5) is 11.5 Å². The van der Waals surface area contributed by atoms with E-state index in [1.54, 1.807) is 6.92 Å². The summed E-state index contributed by atoms with van der Waals surface area (Å²) in [6, 6.07) is 7.78. The third kappa shape index (κ3) is 5.80. The van der Waals surface area contributed by atoms with Crippen LogP contribution < -0.4 is 4.90 Å². The highest BCUT2D eigenvalue weighted by Gasteiger charge is 2.28. The van der Waals surface area contributed by atoms with Crippen LogP contribution in [-0.4, -0.2) is 31.8 Å². The lowest BCUT2D eigenvalue weighted by atomic mass is 9.79. The van der Waals surface area contributed by atoms with Gasteiger partial charge in [-0.2, -0.15) is 0 Å². The second-order valence-electron chi connectivity index (χ2n) is 8.15. The van der Waals surface area contributed by atoms with Gasteiger partial charge in [-0.15, -0.1) is 0 Å². The number of carbonyl (C=O) groups is 1. The predicted octanol–water partition coefficient (Wildman–Crippen LogP) is 5.30. The second-order valence-corrected chi connectivity index (χ2v) is 10.2. The van der Waals surface area contributed by atoms with Crippen LogP contribution in [-0.2, 0) is 9.36 Å². The number of carbonyl (C=O) groups excluding carboxylic acids is 1. The second kappa shape index (κ2) is 9.61. The van der Waals surface area contributed by atoms with E-state index < -0.39 is 7.60 Å². The molecule has 2 aromatic rings. The van der Waals surface area contributed by atoms with Gasteiger partial charge in [0.25, 0.3) is 0 Å². The summed E-state index contributed by atoms with van der Waals surface area (Å²) < 4.78 is 11.3. The normalized spacial score (nSPS) is 19.1. The van der Waals surface area contributed by atoms with Gasteiger partial charge in [-0.1, -0.05) is 30.3 Å². The first-order chi connectivity index (χ1) is 14.6. The van der Waals surface area contributed by atoms with E-state index in [0.29, 0.717) is 28.6 Å². The lowest BCUT2D eigenvalue weighted by molar-refractivity contribution is -0.115. The van der Waals surface area contributed by atoms with Gasteiger partial charge in [-0.05, 0) is 67.7 Å². The molecule has 31 heavy (non-hydrogen) atoms. The first-order valence-corrected chi connectivity index (χ1v) is 12.4. The highest BCUT2D eigenvalue weighted by molar-refractivity contribution is 7.51. The maximum atomic E-state index is 12.5. The fourth-order valence-corrected chi connectivity index (χ4v) is 5.58. The number of aromatic nitrogens is 2. The van der Waals surface area contributed by atoms with Crippen LogP contribution in [0.1, 0.15) is 56.6 Å². The summed E-state index contributed by atoms with van der Waals surface area (Å²) in [6.45, 7) is 7.19. The van der Waals surface area contributed by atoms with Crippen LogP contribution in [0.25, 0.3) is 5.57 Å². The van der Waals surface area contributed by atoms with Gasteiger partial charge in [-0.3, -0.25) is 14.3 Å². The topological polar surface area (TPSA) is 104 Å². The van der Waals surface area contributed by atoms with Crippen LogP contribution in [0, 0.1) is 5.92 Å². The molecule has 1 aliphatic carbocycles. The minimum atomic E-state index is -3.96. The van der Waals surface area contributed by atoms with Gasteiger partial charge in [0, 0.05) is 6.92 Å². The van der Waals surface area contributed by atoms with Gasteiger partial charge in [0.1, 0.15) is 11.5 Å². The summed E-state index contributed by atoms with van der Waals surface area (Å²) >= 11 is 6.24. The lowest BCUT2D eigenvalue weighted by Gasteiger charge is -2.29. The quantitative estimate of drug-likeness (QED) is 0.445. The summed E-state index contributed by atoms with van der Waals surface area (Å²) in [4.78, 5) is 40.7. The van der Waals surface area contributed by atoms with Crippen molar-refractivity contribution in [2.24, 2.45) is 5.92 Å². The number of allylic oxidation sites excluding steroid dienone is 1. The molecule has 3 rings (SSSR count). The lowest BCUT2D eigenvalue weighted by Crippen LogP contribution is -2.25. The van der Waals surface area contributed by atoms with Crippen molar-refractivity contribution in [3.8, 4) is 0 Å². The molecule has 1 aromatic heterocycles. The number of anilines is 2. The fourth-order valence-electron chi connectivity index (χ4n) is 4.26. The Kier molecular flexibility index (Phi) is 7.32. The number of hydrogen-bond acceptors (Lipinski definition) is 4. The zero-order chi connectivity index (χ0) is 22.8. The van der Waals surface area contributed by atoms with Crippen molar-refractivity contribution in [3.63, 3.8) is 0 Å². The number of nitrogens with zero attached hydrogens (tertiary/aromatic N) is 3. The maximum Gasteiger partial charge on any atom is 0.325 e. The number of halogens is 1. The molecule has 1 amide bonds. The Morgan fingerprint density at radius 1 is 1.16 bits per heavy atom. The van der Waals surface area contributed by atoms with Crippen molar-refractivity contribution in [2.45, 2.75) is 45.4 Å². The summed E-state index contributed by atoms with van der Waals surface area (Å²) in [7, 11) is -3.96. The van der Waals surface area contributed by atoms with Gasteiger partial charge in [-0.25, -0.2) is 9.97 Å². The first kappa shape index (κ1) is 23.6. The highest BCUT2D eigenvalue weighted by Crippen LogP contribution is 2.44. The van der Waals surface area contributed by atoms with Crippen LogP contribution in [0.5, 0.6) is 0 Å². The minimum Gasteiger partial charge on any atom is -0.324 e. The molecule has 0 saturated heterocycles. The van der Waals surface area contributed by atoms with E-state index in [9.17, 15) is 19.1 Å². The Bertz CT molecular complexity index is 1010. The molecule has 1 saturated carbocycles. The first-order valence-electron chi connectivity index (χ1n) is 10.2. The Morgan fingerprint density at radius 3 is 2.29 bits per heavy atom. The van der Waals surface area contributed by atoms with Crippen LogP contribution >= 0.6 is 19.2 Å². The summed E-state index contributed by atoms with van der Waals surface area (Å²) in [5.41, 5.74) is 3.02. The Balaban J connectivity index is 1.80. The molecule has 1 fully saturated rings. The van der Waals surface area contributed by atoms with E-state index in [1.807, 2.05) is 24.3 Å². The van der Waals surface area contributed by atoms with E-state index in [1.165, 1.54) is 18.2 Å². The van der Waals surface area contributed by atoms with E-state index in [2.05, 4.69) is 16.5 Å². The van der Waals surface area contributed by atoms with E-state index in [0.717, 1.165) is 31.2 Å². The molecule has 0 unspecified atom stereocenters. The standard InChI is InChI=1S/C22H27ClN3O4P/c1-14(2)20-21(23)24-13-25-22(20)26(15(3)27)19-10-8-18(9-11-19)17-6-4-16(5-7-17)12-31(28,29)30/h8-11,13,16-17H,1,4-7,12H2,2-3H3,(H2,28,29,30). The Labute approximate surface area is 187 Å². The summed E-state index contributed by atoms with van der Waals surface area (Å²) in [5, 5.41) is 0.243. The number of benzene rings is 1. The zero-order valence-corrected chi connectivity index (χ0v) is 19.3. The molecule has 2 N–H and O–H groups in total. The van der Waals surface area contributed by atoms with Gasteiger partial charge in [0.05, 0.1) is 17.4 Å². The third-order valence-corrected chi connectivity index (χ3v) is 6.98. The molecule has 166 valence electrons. The summed E-state index contributed by atoms with van der Waals surface area (Å²) in [6.07, 6.45) is 4.68. The molecular weight excluding hydrogens is 437 g/mol. The number of hydrogen-bond donors (Lipinski definition) is 2. The molecule has 7 nitrogen and oxygen atoms in total. The van der Waals surface area contributed by atoms with Crippen molar-refractivity contribution in [3.05, 3.63) is 53.5 Å². The highest BCUT2D eigenvalue weighted by atomic mass is 35.5. The Hall–Kier alpha value is -2.05. The third-order valence-electron chi connectivity index (χ3n) is 5.70. The average Bonchev–Trinajstić information content (AvgIpc) is 2.68. The monoisotopic (exact) mass is 463 g/mol. The van der Waals surface area contributed by atoms with Gasteiger partial charge in [0.15, 0.2) is 5.82 Å². The van der Waals surface area contributed by atoms with Gasteiger partial charge in [0.2, 0.25) is 5.91 Å². The molecule has 0 aliphatic heterocycles. The van der Waals surface area contributed by atoms with Crippen LogP contribution in [0.2, 0.25) is 5.15 Å². The van der Waals surface area contributed by atoms with Crippen LogP contribution in [0.15, 0.2) is 37.2 Å². The predicted molar refractivity (Wildman–Crippen MR) is 123 cm³/mol. The summed E-state index contributed by atoms with van der Waals surface area (Å²) in [5.74, 6) is 0.605. The van der Waals surface area contributed by atoms with Crippen molar-refractivity contribution in [1.82, 2.24) is 9.97 Å². The van der Waals surface area contributed by atoms with Gasteiger partial charge < -0.3 is 9.79 Å². The smallest absolute Gasteiger partial charge is 0.324 e. The SMILES string of the molecule is C=C(C)c1c(Cl)ncnc1N(C(C)=O)c1ccc(C2CCC(CP(=O)(O)O)CC2)cc1. The fraction of sp³-hybridized carbons (Fsp3) is 0.409. The molecule has 0 spiro atoms. The Morgan fingerprint density at radius 2 is 1.77 bits per heavy atom. The molecule has 1 aromatic carbocycles. The molecule has 0 bridgehead atoms. The molecule has 9 heteroatoms. The number of amides is 1. The van der Waals surface area contributed by atoms with E-state index >= 15 is 0 Å². The van der Waals surface area contributed by atoms with E-state index in [4.69, 9.17) is 11.6 Å². The zero-order valence-electron chi connectivity index (χ0n) is 17.7. The average molecular weight is 464 g/mol. The van der Waals surface area contributed by atoms with Crippen molar-refractivity contribution >= 4 is 42.2 Å².